The fraction of sp³-hybridized carbons (Fsp3) is 0.929. The largest absolute Gasteiger partial charge is 0.296 e. The summed E-state index contributed by atoms with van der Waals surface area (Å²) in [5.74, 6) is 1.30. The van der Waals surface area contributed by atoms with Gasteiger partial charge in [0.15, 0.2) is 0 Å². The van der Waals surface area contributed by atoms with Crippen molar-refractivity contribution in [1.82, 2.24) is 5.32 Å². The second-order valence-electron chi connectivity index (χ2n) is 5.99. The van der Waals surface area contributed by atoms with Crippen molar-refractivity contribution in [3.8, 4) is 6.07 Å². The molecule has 0 aromatic carbocycles. The smallest absolute Gasteiger partial charge is 0.109 e. The van der Waals surface area contributed by atoms with Crippen molar-refractivity contribution in [2.75, 3.05) is 0 Å². The summed E-state index contributed by atoms with van der Waals surface area (Å²) in [6, 6.07) is 3.21. The average molecular weight is 220 g/mol. The number of rotatable bonds is 2. The lowest BCUT2D eigenvalue weighted by atomic mass is 9.70. The monoisotopic (exact) mass is 220 g/mol. The third-order valence-corrected chi connectivity index (χ3v) is 4.65. The fourth-order valence-corrected chi connectivity index (χ4v) is 3.49. The zero-order valence-electron chi connectivity index (χ0n) is 10.6. The number of hydrogen-bond donors (Lipinski definition) is 1. The molecule has 16 heavy (non-hydrogen) atoms. The first-order valence-corrected chi connectivity index (χ1v) is 6.85. The van der Waals surface area contributed by atoms with Gasteiger partial charge < -0.3 is 0 Å². The summed E-state index contributed by atoms with van der Waals surface area (Å²) in [7, 11) is 0. The standard InChI is InChI=1S/C14H24N2/c1-11-7-8-14(10-15,12(2)9-11)16-13-5-3-4-6-13/h11-13,16H,3-9H2,1-2H3. The minimum absolute atomic E-state index is 0.221. The highest BCUT2D eigenvalue weighted by molar-refractivity contribution is 5.13. The first kappa shape index (κ1) is 11.9. The summed E-state index contributed by atoms with van der Waals surface area (Å²) in [6.45, 7) is 4.56. The number of hydrogen-bond acceptors (Lipinski definition) is 2. The molecule has 1 N–H and O–H groups in total. The average Bonchev–Trinajstić information content (AvgIpc) is 2.75. The molecule has 3 unspecified atom stereocenters. The van der Waals surface area contributed by atoms with Crippen LogP contribution in [0, 0.1) is 23.2 Å². The van der Waals surface area contributed by atoms with Gasteiger partial charge >= 0.3 is 0 Å². The molecule has 2 aliphatic rings. The van der Waals surface area contributed by atoms with Crippen LogP contribution in [0.3, 0.4) is 0 Å². The van der Waals surface area contributed by atoms with Crippen LogP contribution in [-0.2, 0) is 0 Å². The Morgan fingerprint density at radius 3 is 2.44 bits per heavy atom. The maximum atomic E-state index is 9.55. The van der Waals surface area contributed by atoms with Gasteiger partial charge in [-0.15, -0.1) is 0 Å². The maximum absolute atomic E-state index is 9.55. The predicted molar refractivity (Wildman–Crippen MR) is 65.9 cm³/mol. The van der Waals surface area contributed by atoms with Crippen molar-refractivity contribution in [1.29, 1.82) is 5.26 Å². The van der Waals surface area contributed by atoms with Gasteiger partial charge in [0.1, 0.15) is 5.54 Å². The molecule has 2 saturated carbocycles. The molecule has 2 aliphatic carbocycles. The zero-order valence-corrected chi connectivity index (χ0v) is 10.6. The maximum Gasteiger partial charge on any atom is 0.109 e. The Kier molecular flexibility index (Phi) is 3.54. The summed E-state index contributed by atoms with van der Waals surface area (Å²) in [5.41, 5.74) is -0.221. The van der Waals surface area contributed by atoms with Gasteiger partial charge in [0.05, 0.1) is 6.07 Å². The minimum atomic E-state index is -0.221. The van der Waals surface area contributed by atoms with Crippen LogP contribution in [0.1, 0.15) is 58.8 Å². The van der Waals surface area contributed by atoms with E-state index in [4.69, 9.17) is 0 Å². The van der Waals surface area contributed by atoms with Gasteiger partial charge in [0.2, 0.25) is 0 Å². The van der Waals surface area contributed by atoms with E-state index in [1.54, 1.807) is 0 Å². The molecular weight excluding hydrogens is 196 g/mol. The van der Waals surface area contributed by atoms with E-state index in [0.29, 0.717) is 12.0 Å². The topological polar surface area (TPSA) is 35.8 Å². The second-order valence-corrected chi connectivity index (χ2v) is 5.99. The van der Waals surface area contributed by atoms with Crippen LogP contribution in [0.5, 0.6) is 0 Å². The van der Waals surface area contributed by atoms with Crippen LogP contribution < -0.4 is 5.32 Å². The van der Waals surface area contributed by atoms with E-state index < -0.39 is 0 Å². The van der Waals surface area contributed by atoms with E-state index in [-0.39, 0.29) is 5.54 Å². The molecule has 2 heteroatoms. The second kappa shape index (κ2) is 4.75. The molecular formula is C14H24N2. The summed E-state index contributed by atoms with van der Waals surface area (Å²) in [6.07, 6.45) is 8.67. The number of nitrogens with one attached hydrogen (secondary N) is 1. The molecule has 90 valence electrons. The minimum Gasteiger partial charge on any atom is -0.296 e. The highest BCUT2D eigenvalue weighted by Gasteiger charge is 2.41. The molecule has 0 radical (unpaired) electrons. The first-order valence-electron chi connectivity index (χ1n) is 6.85. The normalized spacial score (nSPS) is 40.8. The lowest BCUT2D eigenvalue weighted by Crippen LogP contribution is -2.55. The molecule has 2 nitrogen and oxygen atoms in total. The van der Waals surface area contributed by atoms with Gasteiger partial charge in [-0.3, -0.25) is 5.32 Å². The van der Waals surface area contributed by atoms with Crippen molar-refractivity contribution in [3.05, 3.63) is 0 Å². The highest BCUT2D eigenvalue weighted by atomic mass is 15.0. The Labute approximate surface area is 99.4 Å². The molecule has 0 aliphatic heterocycles. The van der Waals surface area contributed by atoms with Gasteiger partial charge in [-0.1, -0.05) is 26.7 Å². The van der Waals surface area contributed by atoms with E-state index in [9.17, 15) is 5.26 Å². The van der Waals surface area contributed by atoms with Crippen LogP contribution in [0.25, 0.3) is 0 Å². The predicted octanol–water partition coefficient (Wildman–Crippen LogP) is 3.24. The van der Waals surface area contributed by atoms with E-state index in [1.807, 2.05) is 0 Å². The molecule has 0 amide bonds. The summed E-state index contributed by atoms with van der Waals surface area (Å²) >= 11 is 0. The van der Waals surface area contributed by atoms with Crippen molar-refractivity contribution < 1.29 is 0 Å². The van der Waals surface area contributed by atoms with Crippen LogP contribution >= 0.6 is 0 Å². The Morgan fingerprint density at radius 1 is 1.19 bits per heavy atom. The SMILES string of the molecule is CC1CCC(C#N)(NC2CCCC2)C(C)C1. The molecule has 0 saturated heterocycles. The van der Waals surface area contributed by atoms with E-state index in [0.717, 1.165) is 12.3 Å². The van der Waals surface area contributed by atoms with Gasteiger partial charge in [0.25, 0.3) is 0 Å². The third-order valence-electron chi connectivity index (χ3n) is 4.65. The summed E-state index contributed by atoms with van der Waals surface area (Å²) < 4.78 is 0. The van der Waals surface area contributed by atoms with E-state index in [1.165, 1.54) is 38.5 Å². The lowest BCUT2D eigenvalue weighted by molar-refractivity contribution is 0.158. The van der Waals surface area contributed by atoms with Crippen LogP contribution in [0.4, 0.5) is 0 Å². The van der Waals surface area contributed by atoms with Gasteiger partial charge in [-0.2, -0.15) is 5.26 Å². The Morgan fingerprint density at radius 2 is 1.88 bits per heavy atom. The Bertz CT molecular complexity index is 275. The van der Waals surface area contributed by atoms with Gasteiger partial charge in [-0.25, -0.2) is 0 Å². The molecule has 0 spiro atoms. The lowest BCUT2D eigenvalue weighted by Gasteiger charge is -2.42. The van der Waals surface area contributed by atoms with Crippen LogP contribution in [-0.4, -0.2) is 11.6 Å². The van der Waals surface area contributed by atoms with Gasteiger partial charge in [-0.05, 0) is 43.9 Å². The van der Waals surface area contributed by atoms with Crippen molar-refractivity contribution in [3.63, 3.8) is 0 Å². The van der Waals surface area contributed by atoms with Crippen molar-refractivity contribution in [2.45, 2.75) is 70.4 Å². The molecule has 0 aromatic heterocycles. The first-order chi connectivity index (χ1) is 7.66. The Balaban J connectivity index is 2.03. The third kappa shape index (κ3) is 2.25. The molecule has 3 atom stereocenters. The van der Waals surface area contributed by atoms with Crippen LogP contribution in [0.15, 0.2) is 0 Å². The quantitative estimate of drug-likeness (QED) is 0.775. The van der Waals surface area contributed by atoms with E-state index >= 15 is 0 Å². The molecule has 0 heterocycles. The Hall–Kier alpha value is -0.550. The number of nitrogens with zero attached hydrogens (tertiary/aromatic N) is 1. The van der Waals surface area contributed by atoms with Gasteiger partial charge in [0, 0.05) is 6.04 Å². The van der Waals surface area contributed by atoms with E-state index in [2.05, 4.69) is 25.2 Å². The van der Waals surface area contributed by atoms with Crippen molar-refractivity contribution >= 4 is 0 Å². The fourth-order valence-electron chi connectivity index (χ4n) is 3.49. The summed E-state index contributed by atoms with van der Waals surface area (Å²) in [4.78, 5) is 0. The number of nitriles is 1. The molecule has 0 aromatic rings. The van der Waals surface area contributed by atoms with Crippen LogP contribution in [0.2, 0.25) is 0 Å². The molecule has 0 bridgehead atoms. The molecule has 2 rings (SSSR count). The molecule has 2 fully saturated rings. The highest BCUT2D eigenvalue weighted by Crippen LogP contribution is 2.37. The summed E-state index contributed by atoms with van der Waals surface area (Å²) in [5, 5.41) is 13.2. The van der Waals surface area contributed by atoms with Crippen molar-refractivity contribution in [2.24, 2.45) is 11.8 Å². The zero-order chi connectivity index (χ0) is 11.6.